The molecule has 1 aliphatic heterocycles. The van der Waals surface area contributed by atoms with Crippen molar-refractivity contribution in [1.29, 1.82) is 0 Å². The number of allylic oxidation sites excluding steroid dienone is 1. The molecule has 5 aromatic rings. The summed E-state index contributed by atoms with van der Waals surface area (Å²) in [4.78, 5) is 26.2. The van der Waals surface area contributed by atoms with Crippen molar-refractivity contribution in [2.24, 2.45) is 0 Å². The molecule has 0 saturated heterocycles. The molecule has 0 atom stereocenters. The van der Waals surface area contributed by atoms with E-state index < -0.39 is 5.97 Å². The van der Waals surface area contributed by atoms with Crippen molar-refractivity contribution in [2.75, 3.05) is 6.61 Å². The Morgan fingerprint density at radius 3 is 2.39 bits per heavy atom. The largest absolute Gasteiger partial charge is 0.494 e. The first-order chi connectivity index (χ1) is 20.0. The van der Waals surface area contributed by atoms with E-state index in [1.54, 1.807) is 43.3 Å². The lowest BCUT2D eigenvalue weighted by molar-refractivity contribution is 0.0734. The molecule has 2 heterocycles. The second-order valence-corrected chi connectivity index (χ2v) is 9.45. The molecule has 0 spiro atoms. The molecule has 0 fully saturated rings. The molecule has 0 aliphatic carbocycles. The van der Waals surface area contributed by atoms with Gasteiger partial charge in [-0.25, -0.2) is 4.79 Å². The number of aryl methyl sites for hydroxylation is 1. The zero-order chi connectivity index (χ0) is 28.3. The van der Waals surface area contributed by atoms with Gasteiger partial charge in [0.05, 0.1) is 12.2 Å². The smallest absolute Gasteiger partial charge is 0.347 e. The van der Waals surface area contributed by atoms with Crippen molar-refractivity contribution >= 4 is 28.8 Å². The summed E-state index contributed by atoms with van der Waals surface area (Å²) in [5, 5.41) is 0.589. The number of hydrogen-bond donors (Lipinski definition) is 0. The Morgan fingerprint density at radius 2 is 1.61 bits per heavy atom. The van der Waals surface area contributed by atoms with Crippen molar-refractivity contribution in [3.8, 4) is 23.0 Å². The van der Waals surface area contributed by atoms with Crippen LogP contribution in [0.15, 0.2) is 101 Å². The predicted octanol–water partition coefficient (Wildman–Crippen LogP) is 7.55. The molecule has 4 aromatic carbocycles. The molecule has 0 bridgehead atoms. The van der Waals surface area contributed by atoms with Crippen LogP contribution < -0.4 is 18.9 Å². The SMILES string of the molecule is CCOc1ccc(C=C2Oc3cc(OC(=O)c4c(C)oc5ccc(OCc6ccccc6)cc45)ccc3C2=O)cc1. The van der Waals surface area contributed by atoms with Gasteiger partial charge < -0.3 is 23.4 Å². The number of benzene rings is 4. The molecule has 0 saturated carbocycles. The maximum absolute atomic E-state index is 13.3. The third-order valence-corrected chi connectivity index (χ3v) is 6.63. The molecule has 0 unspecified atom stereocenters. The molecular formula is C34H26O7. The average molecular weight is 547 g/mol. The highest BCUT2D eigenvalue weighted by Gasteiger charge is 2.29. The molecule has 0 amide bonds. The van der Waals surface area contributed by atoms with E-state index in [1.807, 2.05) is 61.5 Å². The zero-order valence-electron chi connectivity index (χ0n) is 22.5. The van der Waals surface area contributed by atoms with Gasteiger partial charge in [-0.05, 0) is 73.5 Å². The summed E-state index contributed by atoms with van der Waals surface area (Å²) in [5.41, 5.74) is 3.08. The minimum absolute atomic E-state index is 0.187. The van der Waals surface area contributed by atoms with Crippen molar-refractivity contribution in [2.45, 2.75) is 20.5 Å². The third kappa shape index (κ3) is 5.43. The van der Waals surface area contributed by atoms with E-state index in [2.05, 4.69) is 0 Å². The summed E-state index contributed by atoms with van der Waals surface area (Å²) in [6.45, 7) is 4.60. The van der Waals surface area contributed by atoms with Gasteiger partial charge in [-0.2, -0.15) is 0 Å². The van der Waals surface area contributed by atoms with Crippen molar-refractivity contribution in [3.63, 3.8) is 0 Å². The normalized spacial score (nSPS) is 13.2. The summed E-state index contributed by atoms with van der Waals surface area (Å²) >= 11 is 0. The highest BCUT2D eigenvalue weighted by Crippen LogP contribution is 2.36. The molecule has 1 aromatic heterocycles. The maximum Gasteiger partial charge on any atom is 0.347 e. The van der Waals surface area contributed by atoms with Crippen LogP contribution >= 0.6 is 0 Å². The summed E-state index contributed by atoms with van der Waals surface area (Å²) in [7, 11) is 0. The fourth-order valence-corrected chi connectivity index (χ4v) is 4.65. The summed E-state index contributed by atoms with van der Waals surface area (Å²) < 4.78 is 28.8. The van der Waals surface area contributed by atoms with Crippen LogP contribution in [0.4, 0.5) is 0 Å². The minimum atomic E-state index is -0.587. The Labute approximate surface area is 236 Å². The lowest BCUT2D eigenvalue weighted by atomic mass is 10.1. The van der Waals surface area contributed by atoms with Crippen molar-refractivity contribution in [3.05, 3.63) is 125 Å². The van der Waals surface area contributed by atoms with E-state index in [1.165, 1.54) is 6.07 Å². The van der Waals surface area contributed by atoms with Gasteiger partial charge in [0.25, 0.3) is 0 Å². The van der Waals surface area contributed by atoms with Crippen molar-refractivity contribution < 1.29 is 33.0 Å². The van der Waals surface area contributed by atoms with Gasteiger partial charge in [0.2, 0.25) is 5.78 Å². The number of carbonyl (C=O) groups excluding carboxylic acids is 2. The van der Waals surface area contributed by atoms with E-state index in [4.69, 9.17) is 23.4 Å². The molecule has 0 radical (unpaired) electrons. The maximum atomic E-state index is 13.3. The molecule has 41 heavy (non-hydrogen) atoms. The van der Waals surface area contributed by atoms with Crippen LogP contribution in [-0.4, -0.2) is 18.4 Å². The molecule has 7 nitrogen and oxygen atoms in total. The molecule has 1 aliphatic rings. The lowest BCUT2D eigenvalue weighted by Gasteiger charge is -2.07. The number of Topliss-reactive ketones (excluding diaryl/α,β-unsaturated/α-hetero) is 1. The minimum Gasteiger partial charge on any atom is -0.494 e. The van der Waals surface area contributed by atoms with E-state index in [0.717, 1.165) is 16.9 Å². The van der Waals surface area contributed by atoms with Crippen LogP contribution in [0.1, 0.15) is 44.5 Å². The van der Waals surface area contributed by atoms with Crippen LogP contribution in [0, 0.1) is 6.92 Å². The van der Waals surface area contributed by atoms with E-state index in [-0.39, 0.29) is 17.3 Å². The van der Waals surface area contributed by atoms with Crippen molar-refractivity contribution in [1.82, 2.24) is 0 Å². The van der Waals surface area contributed by atoms with Crippen LogP contribution in [0.25, 0.3) is 17.0 Å². The fraction of sp³-hybridized carbons (Fsp3) is 0.118. The van der Waals surface area contributed by atoms with Crippen LogP contribution in [-0.2, 0) is 6.61 Å². The van der Waals surface area contributed by atoms with Gasteiger partial charge in [0.1, 0.15) is 46.5 Å². The number of hydrogen-bond acceptors (Lipinski definition) is 7. The monoisotopic (exact) mass is 546 g/mol. The number of ketones is 1. The van der Waals surface area contributed by atoms with Crippen LogP contribution in [0.3, 0.4) is 0 Å². The molecule has 7 heteroatoms. The topological polar surface area (TPSA) is 84.2 Å². The highest BCUT2D eigenvalue weighted by molar-refractivity contribution is 6.14. The van der Waals surface area contributed by atoms with Gasteiger partial charge in [0.15, 0.2) is 5.76 Å². The number of esters is 1. The first-order valence-corrected chi connectivity index (χ1v) is 13.2. The Morgan fingerprint density at radius 1 is 0.854 bits per heavy atom. The summed E-state index contributed by atoms with van der Waals surface area (Å²) in [5.74, 6) is 1.71. The van der Waals surface area contributed by atoms with Gasteiger partial charge >= 0.3 is 5.97 Å². The number of furan rings is 1. The summed E-state index contributed by atoms with van der Waals surface area (Å²) in [6, 6.07) is 27.2. The summed E-state index contributed by atoms with van der Waals surface area (Å²) in [6.07, 6.45) is 1.67. The average Bonchev–Trinajstić information content (AvgIpc) is 3.48. The number of carbonyl (C=O) groups is 2. The number of ether oxygens (including phenoxy) is 4. The fourth-order valence-electron chi connectivity index (χ4n) is 4.65. The lowest BCUT2D eigenvalue weighted by Crippen LogP contribution is -2.09. The molecular weight excluding hydrogens is 520 g/mol. The second kappa shape index (κ2) is 11.1. The quantitative estimate of drug-likeness (QED) is 0.113. The molecule has 204 valence electrons. The predicted molar refractivity (Wildman–Crippen MR) is 154 cm³/mol. The Balaban J connectivity index is 1.19. The van der Waals surface area contributed by atoms with Crippen LogP contribution in [0.5, 0.6) is 23.0 Å². The third-order valence-electron chi connectivity index (χ3n) is 6.63. The number of rotatable bonds is 8. The first-order valence-electron chi connectivity index (χ1n) is 13.2. The van der Waals surface area contributed by atoms with Gasteiger partial charge in [-0.3, -0.25) is 4.79 Å². The standard InChI is InChI=1S/C34H26O7/c1-3-37-24-11-9-22(10-12-24)17-31-33(35)27-15-13-26(19-30(27)41-31)40-34(36)32-21(2)39-29-16-14-25(18-28(29)32)38-20-23-7-5-4-6-8-23/h4-19H,3,20H2,1-2H3. The van der Waals surface area contributed by atoms with E-state index in [0.29, 0.717) is 52.6 Å². The first kappa shape index (κ1) is 26.0. The highest BCUT2D eigenvalue weighted by atomic mass is 16.5. The Hall–Kier alpha value is -5.30. The van der Waals surface area contributed by atoms with E-state index in [9.17, 15) is 9.59 Å². The number of fused-ring (bicyclic) bond motifs is 2. The molecule has 0 N–H and O–H groups in total. The van der Waals surface area contributed by atoms with Gasteiger partial charge in [-0.15, -0.1) is 0 Å². The van der Waals surface area contributed by atoms with Gasteiger partial charge in [0, 0.05) is 11.5 Å². The Kier molecular flexibility index (Phi) is 7.00. The van der Waals surface area contributed by atoms with Crippen LogP contribution in [0.2, 0.25) is 0 Å². The second-order valence-electron chi connectivity index (χ2n) is 9.45. The van der Waals surface area contributed by atoms with E-state index >= 15 is 0 Å². The molecule has 6 rings (SSSR count). The van der Waals surface area contributed by atoms with Gasteiger partial charge in [-0.1, -0.05) is 42.5 Å². The zero-order valence-corrected chi connectivity index (χ0v) is 22.5. The Bertz CT molecular complexity index is 1780.